The second kappa shape index (κ2) is 10.6. The van der Waals surface area contributed by atoms with E-state index < -0.39 is 0 Å². The van der Waals surface area contributed by atoms with Crippen LogP contribution in [0.2, 0.25) is 0 Å². The lowest BCUT2D eigenvalue weighted by atomic mass is 10.1. The van der Waals surface area contributed by atoms with E-state index in [-0.39, 0.29) is 0 Å². The monoisotopic (exact) mass is 194 g/mol. The molecule has 0 aliphatic carbocycles. The Balaban J connectivity index is 3.02. The first-order chi connectivity index (χ1) is 6.81. The van der Waals surface area contributed by atoms with Crippen LogP contribution in [0.5, 0.6) is 0 Å². The minimum Gasteiger partial charge on any atom is -0.103 e. The predicted molar refractivity (Wildman–Crippen MR) is 66.6 cm³/mol. The largest absolute Gasteiger partial charge is 0.103 e. The maximum absolute atomic E-state index is 3.73. The molecule has 0 unspecified atom stereocenters. The van der Waals surface area contributed by atoms with Gasteiger partial charge >= 0.3 is 0 Å². The molecule has 0 nitrogen and oxygen atoms in total. The molecule has 0 aromatic rings. The van der Waals surface area contributed by atoms with E-state index in [0.717, 1.165) is 0 Å². The lowest BCUT2D eigenvalue weighted by Crippen LogP contribution is -1.81. The summed E-state index contributed by atoms with van der Waals surface area (Å²) in [5.74, 6) is 0. The summed E-state index contributed by atoms with van der Waals surface area (Å²) in [6.07, 6.45) is 15.0. The highest BCUT2D eigenvalue weighted by molar-refractivity contribution is 4.94. The average molecular weight is 194 g/mol. The fourth-order valence-electron chi connectivity index (χ4n) is 1.54. The Morgan fingerprint density at radius 1 is 1.00 bits per heavy atom. The van der Waals surface area contributed by atoms with Crippen LogP contribution in [0.25, 0.3) is 0 Å². The van der Waals surface area contributed by atoms with E-state index in [9.17, 15) is 0 Å². The van der Waals surface area contributed by atoms with Crippen LogP contribution >= 0.6 is 0 Å². The molecule has 0 aromatic carbocycles. The predicted octanol–water partition coefficient (Wildman–Crippen LogP) is 5.26. The summed E-state index contributed by atoms with van der Waals surface area (Å²) in [7, 11) is 0. The molecule has 82 valence electrons. The van der Waals surface area contributed by atoms with Gasteiger partial charge in [0, 0.05) is 0 Å². The van der Waals surface area contributed by atoms with E-state index in [0.29, 0.717) is 0 Å². The molecule has 0 atom stereocenters. The van der Waals surface area contributed by atoms with E-state index >= 15 is 0 Å². The third-order valence-corrected chi connectivity index (χ3v) is 2.72. The number of unbranched alkanes of at least 4 members (excludes halogenated alkanes) is 6. The van der Waals surface area contributed by atoms with E-state index in [1.807, 2.05) is 6.08 Å². The molecule has 0 amide bonds. The maximum Gasteiger partial charge on any atom is -0.0323 e. The highest BCUT2D eigenvalue weighted by Gasteiger charge is 1.91. The van der Waals surface area contributed by atoms with Crippen molar-refractivity contribution in [3.8, 4) is 0 Å². The van der Waals surface area contributed by atoms with E-state index in [1.165, 1.54) is 56.9 Å². The van der Waals surface area contributed by atoms with E-state index in [4.69, 9.17) is 0 Å². The lowest BCUT2D eigenvalue weighted by molar-refractivity contribution is 0.596. The zero-order chi connectivity index (χ0) is 10.6. The Labute approximate surface area is 90.1 Å². The van der Waals surface area contributed by atoms with Gasteiger partial charge < -0.3 is 0 Å². The van der Waals surface area contributed by atoms with Crippen LogP contribution in [0.4, 0.5) is 0 Å². The van der Waals surface area contributed by atoms with Gasteiger partial charge in [-0.15, -0.1) is 6.58 Å². The first kappa shape index (κ1) is 13.5. The molecule has 0 fully saturated rings. The molecule has 0 heterocycles. The number of hydrogen-bond acceptors (Lipinski definition) is 0. The molecule has 0 aliphatic heterocycles. The Bertz CT molecular complexity index is 153. The van der Waals surface area contributed by atoms with Crippen LogP contribution < -0.4 is 0 Å². The van der Waals surface area contributed by atoms with Gasteiger partial charge in [0.05, 0.1) is 0 Å². The van der Waals surface area contributed by atoms with E-state index in [1.54, 1.807) is 0 Å². The SMILES string of the molecule is C=CCCCCCCCCC(C)=CC. The van der Waals surface area contributed by atoms with Gasteiger partial charge in [0.2, 0.25) is 0 Å². The maximum atomic E-state index is 3.73. The third kappa shape index (κ3) is 9.57. The molecule has 0 bridgehead atoms. The van der Waals surface area contributed by atoms with Crippen molar-refractivity contribution in [2.45, 2.75) is 65.2 Å². The molecule has 0 rings (SSSR count). The zero-order valence-electron chi connectivity index (χ0n) is 10.0. The normalized spacial score (nSPS) is 11.7. The topological polar surface area (TPSA) is 0 Å². The Hall–Kier alpha value is -0.520. The quantitative estimate of drug-likeness (QED) is 0.347. The van der Waals surface area contributed by atoms with Gasteiger partial charge in [-0.2, -0.15) is 0 Å². The fraction of sp³-hybridized carbons (Fsp3) is 0.714. The summed E-state index contributed by atoms with van der Waals surface area (Å²) in [6, 6.07) is 0. The molecule has 0 aliphatic rings. The van der Waals surface area contributed by atoms with Crippen molar-refractivity contribution in [3.63, 3.8) is 0 Å². The summed E-state index contributed by atoms with van der Waals surface area (Å²) < 4.78 is 0. The van der Waals surface area contributed by atoms with Crippen LogP contribution in [0.3, 0.4) is 0 Å². The fourth-order valence-corrected chi connectivity index (χ4v) is 1.54. The van der Waals surface area contributed by atoms with Gasteiger partial charge in [0.1, 0.15) is 0 Å². The van der Waals surface area contributed by atoms with Gasteiger partial charge in [0.15, 0.2) is 0 Å². The Morgan fingerprint density at radius 2 is 1.57 bits per heavy atom. The number of rotatable bonds is 9. The molecule has 0 heteroatoms. The van der Waals surface area contributed by atoms with Gasteiger partial charge in [-0.3, -0.25) is 0 Å². The molecule has 0 radical (unpaired) electrons. The van der Waals surface area contributed by atoms with Crippen LogP contribution in [0.1, 0.15) is 65.2 Å². The molecule has 0 aromatic heterocycles. The van der Waals surface area contributed by atoms with Crippen molar-refractivity contribution in [1.29, 1.82) is 0 Å². The van der Waals surface area contributed by atoms with Crippen LogP contribution in [-0.4, -0.2) is 0 Å². The van der Waals surface area contributed by atoms with Gasteiger partial charge in [-0.05, 0) is 39.5 Å². The highest BCUT2D eigenvalue weighted by atomic mass is 14.0. The van der Waals surface area contributed by atoms with Crippen LogP contribution in [0.15, 0.2) is 24.3 Å². The minimum atomic E-state index is 1.19. The molecule has 0 spiro atoms. The summed E-state index contributed by atoms with van der Waals surface area (Å²) in [4.78, 5) is 0. The first-order valence-electron chi connectivity index (χ1n) is 6.04. The number of hydrogen-bond donors (Lipinski definition) is 0. The number of allylic oxidation sites excluding steroid dienone is 3. The van der Waals surface area contributed by atoms with Crippen LogP contribution in [-0.2, 0) is 0 Å². The van der Waals surface area contributed by atoms with Gasteiger partial charge in [-0.1, -0.05) is 43.4 Å². The Kier molecular flexibility index (Phi) is 10.2. The average Bonchev–Trinajstić information content (AvgIpc) is 2.21. The standard InChI is InChI=1S/C14H26/c1-4-6-7-8-9-10-11-12-13-14(3)5-2/h4-5H,1,6-13H2,2-3H3. The molecule has 0 saturated heterocycles. The molecular weight excluding hydrogens is 168 g/mol. The second-order valence-electron chi connectivity index (χ2n) is 4.08. The summed E-state index contributed by atoms with van der Waals surface area (Å²) in [5, 5.41) is 0. The lowest BCUT2D eigenvalue weighted by Gasteiger charge is -2.01. The molecule has 14 heavy (non-hydrogen) atoms. The zero-order valence-corrected chi connectivity index (χ0v) is 10.0. The van der Waals surface area contributed by atoms with Gasteiger partial charge in [-0.25, -0.2) is 0 Å². The highest BCUT2D eigenvalue weighted by Crippen LogP contribution is 2.11. The van der Waals surface area contributed by atoms with Crippen LogP contribution in [0, 0.1) is 0 Å². The van der Waals surface area contributed by atoms with Crippen molar-refractivity contribution in [2.24, 2.45) is 0 Å². The van der Waals surface area contributed by atoms with Crippen molar-refractivity contribution in [2.75, 3.05) is 0 Å². The van der Waals surface area contributed by atoms with Crippen molar-refractivity contribution < 1.29 is 0 Å². The summed E-state index contributed by atoms with van der Waals surface area (Å²) >= 11 is 0. The van der Waals surface area contributed by atoms with E-state index in [2.05, 4.69) is 26.5 Å². The Morgan fingerprint density at radius 3 is 2.14 bits per heavy atom. The van der Waals surface area contributed by atoms with Crippen molar-refractivity contribution >= 4 is 0 Å². The smallest absolute Gasteiger partial charge is 0.0323 e. The van der Waals surface area contributed by atoms with Crippen molar-refractivity contribution in [1.82, 2.24) is 0 Å². The summed E-state index contributed by atoms with van der Waals surface area (Å²) in [5.41, 5.74) is 1.54. The molecular formula is C14H26. The third-order valence-electron chi connectivity index (χ3n) is 2.72. The first-order valence-corrected chi connectivity index (χ1v) is 6.04. The van der Waals surface area contributed by atoms with Gasteiger partial charge in [0.25, 0.3) is 0 Å². The second-order valence-corrected chi connectivity index (χ2v) is 4.08. The minimum absolute atomic E-state index is 1.19. The molecule has 0 saturated carbocycles. The summed E-state index contributed by atoms with van der Waals surface area (Å²) in [6.45, 7) is 8.09. The van der Waals surface area contributed by atoms with Crippen molar-refractivity contribution in [3.05, 3.63) is 24.3 Å². The molecule has 0 N–H and O–H groups in total.